The van der Waals surface area contributed by atoms with Crippen LogP contribution in [0.25, 0.3) is 0 Å². The van der Waals surface area contributed by atoms with Crippen LogP contribution in [0.2, 0.25) is 0 Å². The Bertz CT molecular complexity index is 809. The fourth-order valence-corrected chi connectivity index (χ4v) is 3.36. The average Bonchev–Trinajstić information content (AvgIpc) is 2.68. The number of rotatable bonds is 5. The molecule has 0 aliphatic carbocycles. The van der Waals surface area contributed by atoms with Crippen LogP contribution in [0.4, 0.5) is 0 Å². The molecule has 1 N–H and O–H groups in total. The molecule has 1 aromatic carbocycles. The Morgan fingerprint density at radius 2 is 1.88 bits per heavy atom. The monoisotopic (exact) mass is 356 g/mol. The van der Waals surface area contributed by atoms with Crippen LogP contribution in [0.3, 0.4) is 0 Å². The summed E-state index contributed by atoms with van der Waals surface area (Å²) in [7, 11) is 1.58. The molecule has 1 amide bonds. The highest BCUT2D eigenvalue weighted by atomic mass is 16.5. The molecule has 6 nitrogen and oxygen atoms in total. The highest BCUT2D eigenvalue weighted by molar-refractivity contribution is 5.81. The van der Waals surface area contributed by atoms with E-state index in [2.05, 4.69) is 4.98 Å². The summed E-state index contributed by atoms with van der Waals surface area (Å²) in [5.74, 6) is 1.46. The van der Waals surface area contributed by atoms with Crippen molar-refractivity contribution < 1.29 is 14.3 Å². The van der Waals surface area contributed by atoms with Crippen LogP contribution in [0.1, 0.15) is 31.2 Å². The van der Waals surface area contributed by atoms with Crippen molar-refractivity contribution in [1.82, 2.24) is 9.88 Å². The van der Waals surface area contributed by atoms with E-state index in [-0.39, 0.29) is 11.5 Å². The highest BCUT2D eigenvalue weighted by Crippen LogP contribution is 2.29. The molecule has 1 unspecified atom stereocenters. The summed E-state index contributed by atoms with van der Waals surface area (Å²) in [6.07, 6.45) is 2.79. The first-order valence-corrected chi connectivity index (χ1v) is 8.85. The van der Waals surface area contributed by atoms with Gasteiger partial charge in [0, 0.05) is 25.4 Å². The molecule has 138 valence electrons. The number of H-pyrrole nitrogens is 1. The minimum Gasteiger partial charge on any atom is -0.493 e. The van der Waals surface area contributed by atoms with Crippen LogP contribution in [0.15, 0.2) is 47.4 Å². The van der Waals surface area contributed by atoms with E-state index in [4.69, 9.17) is 9.47 Å². The lowest BCUT2D eigenvalue weighted by Gasteiger charge is -2.33. The number of hydrogen-bond acceptors (Lipinski definition) is 4. The number of likely N-dealkylation sites (tertiary alicyclic amines) is 1. The molecule has 6 heteroatoms. The number of amides is 1. The Balaban J connectivity index is 1.58. The quantitative estimate of drug-likeness (QED) is 0.894. The molecule has 26 heavy (non-hydrogen) atoms. The van der Waals surface area contributed by atoms with Crippen molar-refractivity contribution in [3.63, 3.8) is 0 Å². The van der Waals surface area contributed by atoms with Gasteiger partial charge >= 0.3 is 0 Å². The van der Waals surface area contributed by atoms with Crippen molar-refractivity contribution in [3.8, 4) is 11.5 Å². The number of aromatic amines is 1. The third kappa shape index (κ3) is 4.07. The van der Waals surface area contributed by atoms with E-state index in [1.807, 2.05) is 23.1 Å². The Labute approximate surface area is 152 Å². The van der Waals surface area contributed by atoms with Crippen molar-refractivity contribution in [2.75, 3.05) is 20.2 Å². The molecule has 2 aromatic rings. The summed E-state index contributed by atoms with van der Waals surface area (Å²) in [5, 5.41) is 0. The molecule has 0 radical (unpaired) electrons. The van der Waals surface area contributed by atoms with Crippen molar-refractivity contribution in [2.45, 2.75) is 31.8 Å². The molecule has 2 heterocycles. The smallest absolute Gasteiger partial charge is 0.263 e. The van der Waals surface area contributed by atoms with Gasteiger partial charge < -0.3 is 19.4 Å². The number of para-hydroxylation sites is 2. The molecular formula is C20H24N2O4. The third-order valence-electron chi connectivity index (χ3n) is 4.80. The van der Waals surface area contributed by atoms with E-state index in [0.29, 0.717) is 30.5 Å². The topological polar surface area (TPSA) is 71.6 Å². The van der Waals surface area contributed by atoms with Crippen molar-refractivity contribution in [3.05, 3.63) is 58.5 Å². The van der Waals surface area contributed by atoms with E-state index < -0.39 is 6.10 Å². The van der Waals surface area contributed by atoms with Crippen molar-refractivity contribution in [2.24, 2.45) is 0 Å². The minimum atomic E-state index is -0.581. The second kappa shape index (κ2) is 8.08. The molecule has 1 atom stereocenters. The maximum absolute atomic E-state index is 12.7. The maximum Gasteiger partial charge on any atom is 0.263 e. The first-order valence-electron chi connectivity index (χ1n) is 8.85. The number of pyridine rings is 1. The summed E-state index contributed by atoms with van der Waals surface area (Å²) in [6, 6.07) is 10.9. The lowest BCUT2D eigenvalue weighted by atomic mass is 9.90. The number of ether oxygens (including phenoxy) is 2. The number of piperidine rings is 1. The first-order chi connectivity index (χ1) is 12.6. The highest BCUT2D eigenvalue weighted by Gasteiger charge is 2.28. The molecule has 1 aliphatic rings. The zero-order valence-corrected chi connectivity index (χ0v) is 15.1. The van der Waals surface area contributed by atoms with Gasteiger partial charge in [-0.05, 0) is 49.4 Å². The Morgan fingerprint density at radius 1 is 1.19 bits per heavy atom. The zero-order valence-electron chi connectivity index (χ0n) is 15.1. The standard InChI is InChI=1S/C20H24N2O4/c1-14(26-18-6-4-3-5-17(18)25-2)20(24)22-11-8-15(9-12-22)16-7-10-21-19(23)13-16/h3-7,10,13-15H,8-9,11-12H2,1-2H3,(H,21,23). The van der Waals surface area contributed by atoms with Gasteiger partial charge in [-0.15, -0.1) is 0 Å². The lowest BCUT2D eigenvalue weighted by molar-refractivity contribution is -0.139. The summed E-state index contributed by atoms with van der Waals surface area (Å²) in [5.41, 5.74) is 0.957. The number of benzene rings is 1. The van der Waals surface area contributed by atoms with Gasteiger partial charge in [-0.1, -0.05) is 12.1 Å². The van der Waals surface area contributed by atoms with E-state index in [1.54, 1.807) is 38.4 Å². The third-order valence-corrected chi connectivity index (χ3v) is 4.80. The van der Waals surface area contributed by atoms with Crippen LogP contribution in [0.5, 0.6) is 11.5 Å². The minimum absolute atomic E-state index is 0.0275. The van der Waals surface area contributed by atoms with Crippen LogP contribution in [0, 0.1) is 0 Å². The Kier molecular flexibility index (Phi) is 5.61. The van der Waals surface area contributed by atoms with Gasteiger partial charge in [0.05, 0.1) is 7.11 Å². The van der Waals surface area contributed by atoms with E-state index in [1.165, 1.54) is 0 Å². The number of methoxy groups -OCH3 is 1. The number of nitrogens with zero attached hydrogens (tertiary/aromatic N) is 1. The van der Waals surface area contributed by atoms with Gasteiger partial charge in [-0.25, -0.2) is 0 Å². The van der Waals surface area contributed by atoms with Gasteiger partial charge in [-0.2, -0.15) is 0 Å². The predicted molar refractivity (Wildman–Crippen MR) is 98.7 cm³/mol. The molecule has 1 saturated heterocycles. The van der Waals surface area contributed by atoms with E-state index >= 15 is 0 Å². The molecule has 0 saturated carbocycles. The summed E-state index contributed by atoms with van der Waals surface area (Å²) in [6.45, 7) is 3.09. The van der Waals surface area contributed by atoms with Gasteiger partial charge in [-0.3, -0.25) is 9.59 Å². The predicted octanol–water partition coefficient (Wildman–Crippen LogP) is 2.56. The van der Waals surface area contributed by atoms with Gasteiger partial charge in [0.25, 0.3) is 5.91 Å². The summed E-state index contributed by atoms with van der Waals surface area (Å²) >= 11 is 0. The number of carbonyl (C=O) groups is 1. The fraction of sp³-hybridized carbons (Fsp3) is 0.400. The second-order valence-corrected chi connectivity index (χ2v) is 6.50. The largest absolute Gasteiger partial charge is 0.493 e. The lowest BCUT2D eigenvalue weighted by Crippen LogP contribution is -2.44. The Morgan fingerprint density at radius 3 is 2.54 bits per heavy atom. The summed E-state index contributed by atoms with van der Waals surface area (Å²) < 4.78 is 11.1. The van der Waals surface area contributed by atoms with Crippen LogP contribution >= 0.6 is 0 Å². The number of aromatic nitrogens is 1. The van der Waals surface area contributed by atoms with Gasteiger partial charge in [0.15, 0.2) is 17.6 Å². The number of nitrogens with one attached hydrogen (secondary N) is 1. The molecule has 1 aromatic heterocycles. The van der Waals surface area contributed by atoms with E-state index in [9.17, 15) is 9.59 Å². The van der Waals surface area contributed by atoms with Gasteiger partial charge in [0.2, 0.25) is 5.56 Å². The number of hydrogen-bond donors (Lipinski definition) is 1. The molecular weight excluding hydrogens is 332 g/mol. The first kappa shape index (κ1) is 18.0. The van der Waals surface area contributed by atoms with Crippen molar-refractivity contribution in [1.29, 1.82) is 0 Å². The molecule has 1 aliphatic heterocycles. The number of carbonyl (C=O) groups excluding carboxylic acids is 1. The zero-order chi connectivity index (χ0) is 18.5. The molecule has 0 spiro atoms. The maximum atomic E-state index is 12.7. The van der Waals surface area contributed by atoms with Crippen LogP contribution in [-0.4, -0.2) is 42.1 Å². The van der Waals surface area contributed by atoms with Gasteiger partial charge in [0.1, 0.15) is 0 Å². The average molecular weight is 356 g/mol. The summed E-state index contributed by atoms with van der Waals surface area (Å²) in [4.78, 5) is 28.7. The Hall–Kier alpha value is -2.76. The SMILES string of the molecule is COc1ccccc1OC(C)C(=O)N1CCC(c2cc[nH]c(=O)c2)CC1. The van der Waals surface area contributed by atoms with E-state index in [0.717, 1.165) is 18.4 Å². The van der Waals surface area contributed by atoms with Crippen LogP contribution in [-0.2, 0) is 4.79 Å². The normalized spacial score (nSPS) is 16.2. The molecule has 1 fully saturated rings. The second-order valence-electron chi connectivity index (χ2n) is 6.50. The molecule has 3 rings (SSSR count). The molecule has 0 bridgehead atoms. The van der Waals surface area contributed by atoms with Crippen molar-refractivity contribution >= 4 is 5.91 Å². The fourth-order valence-electron chi connectivity index (χ4n) is 3.36. The van der Waals surface area contributed by atoms with Crippen LogP contribution < -0.4 is 15.0 Å².